The van der Waals surface area contributed by atoms with Gasteiger partial charge in [0, 0.05) is 35.6 Å². The van der Waals surface area contributed by atoms with Crippen LogP contribution in [0.4, 0.5) is 4.39 Å². The lowest BCUT2D eigenvalue weighted by Gasteiger charge is -2.14. The molecule has 0 aliphatic heterocycles. The molecule has 0 radical (unpaired) electrons. The summed E-state index contributed by atoms with van der Waals surface area (Å²) in [6, 6.07) is 10.7. The molecular weight excluding hydrogens is 455 g/mol. The molecule has 0 heterocycles. The van der Waals surface area contributed by atoms with Crippen LogP contribution in [-0.4, -0.2) is 45.0 Å². The van der Waals surface area contributed by atoms with Crippen LogP contribution in [0.25, 0.3) is 0 Å². The van der Waals surface area contributed by atoms with Gasteiger partial charge in [0.2, 0.25) is 10.0 Å². The van der Waals surface area contributed by atoms with Crippen LogP contribution in [0.3, 0.4) is 0 Å². The van der Waals surface area contributed by atoms with Crippen molar-refractivity contribution in [2.45, 2.75) is 16.2 Å². The highest BCUT2D eigenvalue weighted by molar-refractivity contribution is 9.10. The number of hydrogen-bond donors (Lipinski definition) is 1. The van der Waals surface area contributed by atoms with Crippen molar-refractivity contribution in [3.63, 3.8) is 0 Å². The summed E-state index contributed by atoms with van der Waals surface area (Å²) in [5.41, 5.74) is 0.282. The van der Waals surface area contributed by atoms with Gasteiger partial charge in [-0.05, 0) is 70.6 Å². The van der Waals surface area contributed by atoms with Crippen LogP contribution in [0.5, 0.6) is 0 Å². The van der Waals surface area contributed by atoms with E-state index < -0.39 is 10.0 Å². The summed E-state index contributed by atoms with van der Waals surface area (Å²) in [4.78, 5) is 13.3. The molecule has 0 fully saturated rings. The van der Waals surface area contributed by atoms with Crippen LogP contribution in [0.1, 0.15) is 16.8 Å². The van der Waals surface area contributed by atoms with Crippen molar-refractivity contribution >= 4 is 43.6 Å². The van der Waals surface area contributed by atoms with Gasteiger partial charge in [0.1, 0.15) is 5.82 Å². The van der Waals surface area contributed by atoms with Gasteiger partial charge in [-0.2, -0.15) is 0 Å². The summed E-state index contributed by atoms with van der Waals surface area (Å²) in [7, 11) is -0.774. The molecule has 0 atom stereocenters. The monoisotopic (exact) mass is 474 g/mol. The lowest BCUT2D eigenvalue weighted by Crippen LogP contribution is -2.26. The zero-order valence-corrected chi connectivity index (χ0v) is 18.1. The molecule has 1 N–H and O–H groups in total. The second-order valence-corrected chi connectivity index (χ2v) is 9.99. The fourth-order valence-corrected chi connectivity index (χ4v) is 4.83. The average molecular weight is 475 g/mol. The van der Waals surface area contributed by atoms with Gasteiger partial charge in [-0.3, -0.25) is 4.79 Å². The molecule has 1 amide bonds. The first kappa shape index (κ1) is 21.9. The summed E-state index contributed by atoms with van der Waals surface area (Å²) in [6.07, 6.45) is 0.729. The number of thioether (sulfide) groups is 1. The summed E-state index contributed by atoms with van der Waals surface area (Å²) >= 11 is 4.80. The third-order valence-electron chi connectivity index (χ3n) is 3.64. The maximum atomic E-state index is 12.9. The number of carbonyl (C=O) groups excluding carboxylic acids is 1. The standard InChI is InChI=1S/C18H20BrFN2O3S2/c1-22(2)27(24,25)17-12-13(4-9-16(17)19)18(23)21-10-3-11-26-15-7-5-14(20)6-8-15/h4-9,12H,3,10-11H2,1-2H3,(H,21,23). The van der Waals surface area contributed by atoms with Gasteiger partial charge in [-0.1, -0.05) is 0 Å². The molecule has 0 saturated carbocycles. The van der Waals surface area contributed by atoms with Crippen LogP contribution in [0.15, 0.2) is 56.7 Å². The van der Waals surface area contributed by atoms with Crippen molar-refractivity contribution in [2.24, 2.45) is 0 Å². The van der Waals surface area contributed by atoms with E-state index >= 15 is 0 Å². The summed E-state index contributed by atoms with van der Waals surface area (Å²) in [5, 5.41) is 2.79. The molecule has 2 aromatic carbocycles. The van der Waals surface area contributed by atoms with Gasteiger partial charge in [-0.25, -0.2) is 17.1 Å². The second-order valence-electron chi connectivity index (χ2n) is 5.84. The summed E-state index contributed by atoms with van der Waals surface area (Å²) in [5.74, 6) is 0.174. The number of hydrogen-bond acceptors (Lipinski definition) is 4. The molecule has 146 valence electrons. The third-order valence-corrected chi connectivity index (χ3v) is 7.55. The van der Waals surface area contributed by atoms with E-state index in [0.717, 1.165) is 21.4 Å². The van der Waals surface area contributed by atoms with Gasteiger partial charge in [0.05, 0.1) is 4.90 Å². The molecule has 0 aliphatic carbocycles. The van der Waals surface area contributed by atoms with Crippen LogP contribution >= 0.6 is 27.7 Å². The Morgan fingerprint density at radius 3 is 2.48 bits per heavy atom. The molecule has 2 rings (SSSR count). The zero-order chi connectivity index (χ0) is 20.0. The molecule has 0 aromatic heterocycles. The summed E-state index contributed by atoms with van der Waals surface area (Å²) in [6.45, 7) is 0.457. The Balaban J connectivity index is 1.90. The Hall–Kier alpha value is -1.42. The number of halogens is 2. The number of rotatable bonds is 8. The van der Waals surface area contributed by atoms with Gasteiger partial charge >= 0.3 is 0 Å². The van der Waals surface area contributed by atoms with Crippen molar-refractivity contribution < 1.29 is 17.6 Å². The Kier molecular flexibility index (Phi) is 7.84. The topological polar surface area (TPSA) is 66.5 Å². The molecule has 0 bridgehead atoms. The van der Waals surface area contributed by atoms with Crippen LogP contribution in [-0.2, 0) is 10.0 Å². The number of sulfonamides is 1. The zero-order valence-electron chi connectivity index (χ0n) is 14.9. The quantitative estimate of drug-likeness (QED) is 0.467. The van der Waals surface area contributed by atoms with E-state index in [1.54, 1.807) is 36.0 Å². The van der Waals surface area contributed by atoms with E-state index in [0.29, 0.717) is 11.0 Å². The van der Waals surface area contributed by atoms with Crippen LogP contribution < -0.4 is 5.32 Å². The van der Waals surface area contributed by atoms with Crippen LogP contribution in [0.2, 0.25) is 0 Å². The molecule has 5 nitrogen and oxygen atoms in total. The lowest BCUT2D eigenvalue weighted by molar-refractivity contribution is 0.0953. The van der Waals surface area contributed by atoms with Crippen molar-refractivity contribution in [3.8, 4) is 0 Å². The summed E-state index contributed by atoms with van der Waals surface area (Å²) < 4.78 is 39.0. The minimum absolute atomic E-state index is 0.0482. The third kappa shape index (κ3) is 6.03. The SMILES string of the molecule is CN(C)S(=O)(=O)c1cc(C(=O)NCCCSc2ccc(F)cc2)ccc1Br. The van der Waals surface area contributed by atoms with Crippen molar-refractivity contribution in [2.75, 3.05) is 26.4 Å². The first-order valence-electron chi connectivity index (χ1n) is 8.10. The van der Waals surface area contributed by atoms with E-state index in [1.165, 1.54) is 32.3 Å². The number of benzene rings is 2. The number of carbonyl (C=O) groups is 1. The van der Waals surface area contributed by atoms with Gasteiger partial charge in [0.25, 0.3) is 5.91 Å². The molecular formula is C18H20BrFN2O3S2. The fraction of sp³-hybridized carbons (Fsp3) is 0.278. The average Bonchev–Trinajstić information content (AvgIpc) is 2.62. The smallest absolute Gasteiger partial charge is 0.251 e. The Morgan fingerprint density at radius 2 is 1.85 bits per heavy atom. The van der Waals surface area contributed by atoms with Gasteiger partial charge in [-0.15, -0.1) is 11.8 Å². The van der Waals surface area contributed by atoms with E-state index in [9.17, 15) is 17.6 Å². The van der Waals surface area contributed by atoms with Crippen molar-refractivity contribution in [1.29, 1.82) is 0 Å². The Bertz CT molecular complexity index is 903. The number of amides is 1. The van der Waals surface area contributed by atoms with Gasteiger partial charge in [0.15, 0.2) is 0 Å². The molecule has 27 heavy (non-hydrogen) atoms. The number of nitrogens with one attached hydrogen (secondary N) is 1. The highest BCUT2D eigenvalue weighted by Crippen LogP contribution is 2.25. The highest BCUT2D eigenvalue weighted by atomic mass is 79.9. The van der Waals surface area contributed by atoms with E-state index in [1.807, 2.05) is 0 Å². The fourth-order valence-electron chi connectivity index (χ4n) is 2.14. The molecule has 0 unspecified atom stereocenters. The number of nitrogens with zero attached hydrogens (tertiary/aromatic N) is 1. The Morgan fingerprint density at radius 1 is 1.19 bits per heavy atom. The molecule has 0 spiro atoms. The maximum absolute atomic E-state index is 12.9. The predicted octanol–water partition coefficient (Wildman–Crippen LogP) is 3.75. The lowest BCUT2D eigenvalue weighted by atomic mass is 10.2. The maximum Gasteiger partial charge on any atom is 0.251 e. The Labute approximate surface area is 171 Å². The normalized spacial score (nSPS) is 11.6. The minimum atomic E-state index is -3.65. The van der Waals surface area contributed by atoms with E-state index in [4.69, 9.17) is 0 Å². The largest absolute Gasteiger partial charge is 0.352 e. The molecule has 2 aromatic rings. The van der Waals surface area contributed by atoms with Crippen molar-refractivity contribution in [1.82, 2.24) is 9.62 Å². The molecule has 0 aliphatic rings. The first-order valence-corrected chi connectivity index (χ1v) is 11.3. The van der Waals surface area contributed by atoms with Crippen molar-refractivity contribution in [3.05, 3.63) is 58.3 Å². The van der Waals surface area contributed by atoms with E-state index in [-0.39, 0.29) is 22.2 Å². The molecule has 9 heteroatoms. The highest BCUT2D eigenvalue weighted by Gasteiger charge is 2.22. The first-order chi connectivity index (χ1) is 12.7. The van der Waals surface area contributed by atoms with E-state index in [2.05, 4.69) is 21.2 Å². The predicted molar refractivity (Wildman–Crippen MR) is 109 cm³/mol. The van der Waals surface area contributed by atoms with Gasteiger partial charge < -0.3 is 5.32 Å². The molecule has 0 saturated heterocycles. The second kappa shape index (κ2) is 9.68. The van der Waals surface area contributed by atoms with Crippen LogP contribution in [0, 0.1) is 5.82 Å². The minimum Gasteiger partial charge on any atom is -0.352 e.